The number of hydrogen-bond acceptors (Lipinski definition) is 3. The van der Waals surface area contributed by atoms with Crippen molar-refractivity contribution in [2.75, 3.05) is 19.6 Å². The van der Waals surface area contributed by atoms with Gasteiger partial charge in [-0.3, -0.25) is 9.59 Å². The number of aromatic carboxylic acids is 1. The zero-order valence-corrected chi connectivity index (χ0v) is 11.4. The van der Waals surface area contributed by atoms with E-state index in [0.717, 1.165) is 0 Å². The van der Waals surface area contributed by atoms with Crippen molar-refractivity contribution in [3.05, 3.63) is 22.5 Å². The van der Waals surface area contributed by atoms with Crippen molar-refractivity contribution in [1.29, 1.82) is 0 Å². The van der Waals surface area contributed by atoms with E-state index in [1.54, 1.807) is 18.7 Å². The van der Waals surface area contributed by atoms with Crippen molar-refractivity contribution >= 4 is 17.8 Å². The highest BCUT2D eigenvalue weighted by Gasteiger charge is 2.26. The first-order chi connectivity index (χ1) is 9.41. The van der Waals surface area contributed by atoms with E-state index in [1.165, 1.54) is 0 Å². The molecule has 0 spiro atoms. The van der Waals surface area contributed by atoms with Crippen LogP contribution in [0.15, 0.2) is 0 Å². The van der Waals surface area contributed by atoms with Crippen molar-refractivity contribution in [1.82, 2.24) is 15.2 Å². The average molecular weight is 279 g/mol. The lowest BCUT2D eigenvalue weighted by Gasteiger charge is -2.20. The van der Waals surface area contributed by atoms with Crippen molar-refractivity contribution in [2.45, 2.75) is 20.3 Å². The van der Waals surface area contributed by atoms with Gasteiger partial charge in [-0.25, -0.2) is 4.79 Å². The Bertz CT molecular complexity index is 576. The molecule has 7 heteroatoms. The van der Waals surface area contributed by atoms with E-state index in [4.69, 9.17) is 5.11 Å². The number of rotatable bonds is 2. The molecule has 0 radical (unpaired) electrons. The predicted molar refractivity (Wildman–Crippen MR) is 70.8 cm³/mol. The van der Waals surface area contributed by atoms with Gasteiger partial charge in [0.15, 0.2) is 0 Å². The highest BCUT2D eigenvalue weighted by atomic mass is 16.4. The minimum Gasteiger partial charge on any atom is -0.477 e. The van der Waals surface area contributed by atoms with Crippen molar-refractivity contribution in [3.63, 3.8) is 0 Å². The van der Waals surface area contributed by atoms with Gasteiger partial charge in [0, 0.05) is 31.7 Å². The number of nitrogens with zero attached hydrogens (tertiary/aromatic N) is 1. The highest BCUT2D eigenvalue weighted by molar-refractivity contribution is 6.01. The van der Waals surface area contributed by atoms with E-state index in [9.17, 15) is 14.4 Å². The second-order valence-electron chi connectivity index (χ2n) is 4.82. The fraction of sp³-hybridized carbons (Fsp3) is 0.462. The normalized spacial score (nSPS) is 15.7. The molecule has 7 nitrogen and oxygen atoms in total. The molecule has 2 heterocycles. The van der Waals surface area contributed by atoms with Crippen molar-refractivity contribution < 1.29 is 19.5 Å². The van der Waals surface area contributed by atoms with Crippen LogP contribution >= 0.6 is 0 Å². The summed E-state index contributed by atoms with van der Waals surface area (Å²) in [5, 5.41) is 11.8. The SMILES string of the molecule is Cc1[nH]c(C(=O)O)c(C)c1C(=O)N1CCNC(=O)CC1. The first-order valence-corrected chi connectivity index (χ1v) is 6.40. The number of carbonyl (C=O) groups excluding carboxylic acids is 2. The fourth-order valence-electron chi connectivity index (χ4n) is 2.41. The van der Waals surface area contributed by atoms with Crippen LogP contribution in [0.5, 0.6) is 0 Å². The number of nitrogens with one attached hydrogen (secondary N) is 2. The average Bonchev–Trinajstić information content (AvgIpc) is 2.56. The Morgan fingerprint density at radius 1 is 1.25 bits per heavy atom. The number of aromatic nitrogens is 1. The molecular formula is C13H17N3O4. The van der Waals surface area contributed by atoms with Crippen LogP contribution in [0, 0.1) is 13.8 Å². The van der Waals surface area contributed by atoms with Gasteiger partial charge in [0.1, 0.15) is 5.69 Å². The zero-order chi connectivity index (χ0) is 14.9. The minimum absolute atomic E-state index is 0.0369. The van der Waals surface area contributed by atoms with Crippen molar-refractivity contribution in [2.24, 2.45) is 0 Å². The summed E-state index contributed by atoms with van der Waals surface area (Å²) in [7, 11) is 0. The molecule has 0 saturated carbocycles. The maximum Gasteiger partial charge on any atom is 0.352 e. The van der Waals surface area contributed by atoms with Crippen LogP contribution in [-0.2, 0) is 4.79 Å². The second-order valence-corrected chi connectivity index (χ2v) is 4.82. The van der Waals surface area contributed by atoms with Gasteiger partial charge in [0.2, 0.25) is 5.91 Å². The lowest BCUT2D eigenvalue weighted by atomic mass is 10.1. The molecule has 3 N–H and O–H groups in total. The fourth-order valence-corrected chi connectivity index (χ4v) is 2.41. The van der Waals surface area contributed by atoms with E-state index in [2.05, 4.69) is 10.3 Å². The number of aryl methyl sites for hydroxylation is 1. The lowest BCUT2D eigenvalue weighted by Crippen LogP contribution is -2.34. The summed E-state index contributed by atoms with van der Waals surface area (Å²) in [6.45, 7) is 4.47. The van der Waals surface area contributed by atoms with Crippen LogP contribution in [0.2, 0.25) is 0 Å². The summed E-state index contributed by atoms with van der Waals surface area (Å²) in [5.41, 5.74) is 1.39. The van der Waals surface area contributed by atoms with Gasteiger partial charge >= 0.3 is 5.97 Å². The molecule has 2 rings (SSSR count). The van der Waals surface area contributed by atoms with Crippen LogP contribution in [0.1, 0.15) is 38.5 Å². The van der Waals surface area contributed by atoms with Crippen molar-refractivity contribution in [3.8, 4) is 0 Å². The number of H-pyrrole nitrogens is 1. The number of amides is 2. The van der Waals surface area contributed by atoms with E-state index in [0.29, 0.717) is 36.5 Å². The summed E-state index contributed by atoms with van der Waals surface area (Å²) < 4.78 is 0. The second kappa shape index (κ2) is 5.36. The number of aromatic amines is 1. The third-order valence-electron chi connectivity index (χ3n) is 3.47. The molecule has 108 valence electrons. The number of carboxylic acid groups (broad SMARTS) is 1. The molecule has 1 fully saturated rings. The van der Waals surface area contributed by atoms with Crippen LogP contribution < -0.4 is 5.32 Å². The number of carbonyl (C=O) groups is 3. The molecule has 0 aliphatic carbocycles. The Morgan fingerprint density at radius 2 is 1.95 bits per heavy atom. The van der Waals surface area contributed by atoms with E-state index in [1.807, 2.05) is 0 Å². The Kier molecular flexibility index (Phi) is 3.78. The maximum absolute atomic E-state index is 12.5. The summed E-state index contributed by atoms with van der Waals surface area (Å²) >= 11 is 0. The van der Waals surface area contributed by atoms with Gasteiger partial charge in [-0.15, -0.1) is 0 Å². The molecule has 2 amide bonds. The summed E-state index contributed by atoms with van der Waals surface area (Å²) in [4.78, 5) is 39.2. The quantitative estimate of drug-likeness (QED) is 0.724. The molecule has 1 saturated heterocycles. The zero-order valence-electron chi connectivity index (χ0n) is 11.4. The minimum atomic E-state index is -1.09. The molecule has 1 aromatic heterocycles. The number of hydrogen-bond donors (Lipinski definition) is 3. The smallest absolute Gasteiger partial charge is 0.352 e. The van der Waals surface area contributed by atoms with Gasteiger partial charge in [-0.05, 0) is 19.4 Å². The molecule has 1 aromatic rings. The Balaban J connectivity index is 2.29. The largest absolute Gasteiger partial charge is 0.477 e. The molecule has 20 heavy (non-hydrogen) atoms. The molecule has 0 unspecified atom stereocenters. The van der Waals surface area contributed by atoms with Crippen LogP contribution in [0.3, 0.4) is 0 Å². The predicted octanol–water partition coefficient (Wildman–Crippen LogP) is 0.292. The molecule has 1 aliphatic rings. The molecule has 0 bridgehead atoms. The monoisotopic (exact) mass is 279 g/mol. The van der Waals surface area contributed by atoms with Crippen LogP contribution in [0.4, 0.5) is 0 Å². The van der Waals surface area contributed by atoms with Gasteiger partial charge in [0.05, 0.1) is 5.56 Å². The maximum atomic E-state index is 12.5. The third kappa shape index (κ3) is 2.52. The third-order valence-corrected chi connectivity index (χ3v) is 3.47. The Labute approximate surface area is 116 Å². The Morgan fingerprint density at radius 3 is 2.55 bits per heavy atom. The van der Waals surface area contributed by atoms with Gasteiger partial charge < -0.3 is 20.3 Å². The summed E-state index contributed by atoms with van der Waals surface area (Å²) in [5.74, 6) is -1.40. The topological polar surface area (TPSA) is 102 Å². The lowest BCUT2D eigenvalue weighted by molar-refractivity contribution is -0.120. The highest BCUT2D eigenvalue weighted by Crippen LogP contribution is 2.20. The summed E-state index contributed by atoms with van der Waals surface area (Å²) in [6, 6.07) is 0. The van der Waals surface area contributed by atoms with Gasteiger partial charge in [-0.1, -0.05) is 0 Å². The van der Waals surface area contributed by atoms with Crippen LogP contribution in [-0.4, -0.2) is 52.4 Å². The van der Waals surface area contributed by atoms with Gasteiger partial charge in [-0.2, -0.15) is 0 Å². The standard InChI is InChI=1S/C13H17N3O4/c1-7-10(8(2)15-11(7)13(19)20)12(18)16-5-3-9(17)14-4-6-16/h15H,3-6H2,1-2H3,(H,14,17)(H,19,20). The van der Waals surface area contributed by atoms with Crippen LogP contribution in [0.25, 0.3) is 0 Å². The number of carboxylic acids is 1. The van der Waals surface area contributed by atoms with E-state index < -0.39 is 5.97 Å². The van der Waals surface area contributed by atoms with E-state index >= 15 is 0 Å². The first kappa shape index (κ1) is 14.1. The molecule has 1 aliphatic heterocycles. The molecule has 0 aromatic carbocycles. The summed E-state index contributed by atoms with van der Waals surface area (Å²) in [6.07, 6.45) is 0.264. The van der Waals surface area contributed by atoms with Gasteiger partial charge in [0.25, 0.3) is 5.91 Å². The molecular weight excluding hydrogens is 262 g/mol. The van der Waals surface area contributed by atoms with E-state index in [-0.39, 0.29) is 23.9 Å². The Hall–Kier alpha value is -2.31. The molecule has 0 atom stereocenters. The first-order valence-electron chi connectivity index (χ1n) is 6.40.